The van der Waals surface area contributed by atoms with E-state index in [9.17, 15) is 4.79 Å². The van der Waals surface area contributed by atoms with E-state index in [1.807, 2.05) is 24.3 Å². The van der Waals surface area contributed by atoms with Crippen LogP contribution in [0.5, 0.6) is 0 Å². The van der Waals surface area contributed by atoms with Crippen LogP contribution in [0.3, 0.4) is 0 Å². The lowest BCUT2D eigenvalue weighted by atomic mass is 10.2. The third-order valence-corrected chi connectivity index (χ3v) is 2.87. The molecule has 0 aliphatic carbocycles. The molecule has 0 atom stereocenters. The van der Waals surface area contributed by atoms with Crippen LogP contribution in [-0.2, 0) is 11.3 Å². The zero-order valence-corrected chi connectivity index (χ0v) is 9.87. The van der Waals surface area contributed by atoms with Gasteiger partial charge in [-0.3, -0.25) is 0 Å². The summed E-state index contributed by atoms with van der Waals surface area (Å²) >= 11 is 3.38. The van der Waals surface area contributed by atoms with Gasteiger partial charge >= 0.3 is 6.09 Å². The van der Waals surface area contributed by atoms with Crippen molar-refractivity contribution in [2.45, 2.75) is 13.0 Å². The average Bonchev–Trinajstić information content (AvgIpc) is 2.25. The van der Waals surface area contributed by atoms with Gasteiger partial charge in [-0.1, -0.05) is 28.1 Å². The molecule has 1 aliphatic rings. The van der Waals surface area contributed by atoms with Crippen molar-refractivity contribution in [1.29, 1.82) is 0 Å². The smallest absolute Gasteiger partial charge is 0.410 e. The summed E-state index contributed by atoms with van der Waals surface area (Å²) in [4.78, 5) is 13.1. The maximum Gasteiger partial charge on any atom is 0.410 e. The summed E-state index contributed by atoms with van der Waals surface area (Å²) in [5.74, 6) is 0. The predicted octanol–water partition coefficient (Wildman–Crippen LogP) is 2.79. The van der Waals surface area contributed by atoms with Crippen LogP contribution in [0, 0.1) is 0 Å². The normalized spacial score (nSPS) is 16.3. The van der Waals surface area contributed by atoms with Gasteiger partial charge in [0, 0.05) is 17.6 Å². The zero-order valence-electron chi connectivity index (χ0n) is 8.28. The molecule has 0 bridgehead atoms. The minimum atomic E-state index is -0.204. The minimum absolute atomic E-state index is 0.204. The van der Waals surface area contributed by atoms with Gasteiger partial charge in [-0.15, -0.1) is 0 Å². The summed E-state index contributed by atoms with van der Waals surface area (Å²) in [6.07, 6.45) is 0.714. The number of cyclic esters (lactones) is 1. The van der Waals surface area contributed by atoms with Gasteiger partial charge in [-0.05, 0) is 24.1 Å². The molecular formula is C11H12BrNO2. The highest BCUT2D eigenvalue weighted by atomic mass is 79.9. The Bertz CT molecular complexity index is 350. The van der Waals surface area contributed by atoms with E-state index in [1.165, 1.54) is 0 Å². The molecule has 3 nitrogen and oxygen atoms in total. The minimum Gasteiger partial charge on any atom is -0.449 e. The molecule has 1 aliphatic heterocycles. The monoisotopic (exact) mass is 269 g/mol. The second-order valence-corrected chi connectivity index (χ2v) is 4.43. The predicted molar refractivity (Wildman–Crippen MR) is 60.5 cm³/mol. The van der Waals surface area contributed by atoms with Crippen LogP contribution in [-0.4, -0.2) is 24.1 Å². The van der Waals surface area contributed by atoms with Crippen LogP contribution in [0.1, 0.15) is 12.0 Å². The second-order valence-electron chi connectivity index (χ2n) is 3.52. The summed E-state index contributed by atoms with van der Waals surface area (Å²) in [5.41, 5.74) is 1.12. The van der Waals surface area contributed by atoms with Crippen molar-refractivity contribution in [1.82, 2.24) is 4.90 Å². The highest BCUT2D eigenvalue weighted by molar-refractivity contribution is 9.10. The molecule has 2 rings (SSSR count). The summed E-state index contributed by atoms with van der Waals surface area (Å²) in [6, 6.07) is 7.97. The van der Waals surface area contributed by atoms with Gasteiger partial charge in [0.2, 0.25) is 0 Å². The van der Waals surface area contributed by atoms with E-state index >= 15 is 0 Å². The van der Waals surface area contributed by atoms with E-state index in [0.717, 1.165) is 23.0 Å². The van der Waals surface area contributed by atoms with Crippen LogP contribution in [0.2, 0.25) is 0 Å². The molecule has 15 heavy (non-hydrogen) atoms. The van der Waals surface area contributed by atoms with Gasteiger partial charge in [0.05, 0.1) is 6.61 Å². The van der Waals surface area contributed by atoms with Crippen molar-refractivity contribution < 1.29 is 9.53 Å². The molecular weight excluding hydrogens is 258 g/mol. The van der Waals surface area contributed by atoms with E-state index in [-0.39, 0.29) is 6.09 Å². The lowest BCUT2D eigenvalue weighted by Crippen LogP contribution is -2.36. The number of ether oxygens (including phenoxy) is 1. The van der Waals surface area contributed by atoms with Gasteiger partial charge < -0.3 is 9.64 Å². The van der Waals surface area contributed by atoms with Crippen molar-refractivity contribution in [2.75, 3.05) is 13.2 Å². The number of hydrogen-bond donors (Lipinski definition) is 0. The Labute approximate surface area is 97.2 Å². The third kappa shape index (κ3) is 2.72. The first-order valence-corrected chi connectivity index (χ1v) is 5.71. The fourth-order valence-electron chi connectivity index (χ4n) is 1.55. The van der Waals surface area contributed by atoms with Gasteiger partial charge in [0.15, 0.2) is 0 Å². The highest BCUT2D eigenvalue weighted by Crippen LogP contribution is 2.14. The fraction of sp³-hybridized carbons (Fsp3) is 0.364. The SMILES string of the molecule is O=C1OCCCN1Cc1ccc(Br)cc1. The number of carbonyl (C=O) groups is 1. The third-order valence-electron chi connectivity index (χ3n) is 2.34. The molecule has 4 heteroatoms. The molecule has 0 unspecified atom stereocenters. The van der Waals surface area contributed by atoms with Gasteiger partial charge in [-0.2, -0.15) is 0 Å². The molecule has 1 fully saturated rings. The Morgan fingerprint density at radius 2 is 2.07 bits per heavy atom. The molecule has 1 aromatic rings. The van der Waals surface area contributed by atoms with Crippen LogP contribution < -0.4 is 0 Å². The average molecular weight is 270 g/mol. The number of hydrogen-bond acceptors (Lipinski definition) is 2. The maximum atomic E-state index is 11.4. The number of rotatable bonds is 2. The van der Waals surface area contributed by atoms with Crippen molar-refractivity contribution in [3.05, 3.63) is 34.3 Å². The Morgan fingerprint density at radius 1 is 1.33 bits per heavy atom. The summed E-state index contributed by atoms with van der Waals surface area (Å²) < 4.78 is 6.01. The Balaban J connectivity index is 2.01. The van der Waals surface area contributed by atoms with Gasteiger partial charge in [0.1, 0.15) is 0 Å². The molecule has 0 N–H and O–H groups in total. The topological polar surface area (TPSA) is 29.5 Å². The van der Waals surface area contributed by atoms with E-state index in [2.05, 4.69) is 15.9 Å². The molecule has 0 radical (unpaired) electrons. The van der Waals surface area contributed by atoms with E-state index in [0.29, 0.717) is 13.2 Å². The molecule has 1 aromatic carbocycles. The molecule has 0 spiro atoms. The van der Waals surface area contributed by atoms with Crippen LogP contribution in [0.4, 0.5) is 4.79 Å². The highest BCUT2D eigenvalue weighted by Gasteiger charge is 2.19. The first-order chi connectivity index (χ1) is 7.25. The second kappa shape index (κ2) is 4.66. The molecule has 0 saturated carbocycles. The van der Waals surface area contributed by atoms with Gasteiger partial charge in [-0.25, -0.2) is 4.79 Å². The zero-order chi connectivity index (χ0) is 10.7. The summed E-state index contributed by atoms with van der Waals surface area (Å²) in [6.45, 7) is 1.97. The molecule has 1 amide bonds. The number of nitrogens with zero attached hydrogens (tertiary/aromatic N) is 1. The van der Waals surface area contributed by atoms with E-state index < -0.39 is 0 Å². The number of carbonyl (C=O) groups excluding carboxylic acids is 1. The quantitative estimate of drug-likeness (QED) is 0.827. The van der Waals surface area contributed by atoms with E-state index in [1.54, 1.807) is 4.90 Å². The standard InChI is InChI=1S/C11H12BrNO2/c12-10-4-2-9(3-5-10)8-13-6-1-7-15-11(13)14/h2-5H,1,6-8H2. The summed E-state index contributed by atoms with van der Waals surface area (Å²) in [5, 5.41) is 0. The fourth-order valence-corrected chi connectivity index (χ4v) is 1.82. The first kappa shape index (κ1) is 10.5. The largest absolute Gasteiger partial charge is 0.449 e. The Hall–Kier alpha value is -1.03. The maximum absolute atomic E-state index is 11.4. The number of amides is 1. The van der Waals surface area contributed by atoms with Crippen LogP contribution in [0.15, 0.2) is 28.7 Å². The molecule has 1 saturated heterocycles. The molecule has 80 valence electrons. The van der Waals surface area contributed by atoms with Gasteiger partial charge in [0.25, 0.3) is 0 Å². The first-order valence-electron chi connectivity index (χ1n) is 4.92. The van der Waals surface area contributed by atoms with Crippen LogP contribution in [0.25, 0.3) is 0 Å². The molecule has 0 aromatic heterocycles. The van der Waals surface area contributed by atoms with Crippen molar-refractivity contribution in [3.8, 4) is 0 Å². The lowest BCUT2D eigenvalue weighted by molar-refractivity contribution is 0.0700. The number of halogens is 1. The Kier molecular flexibility index (Phi) is 3.26. The lowest BCUT2D eigenvalue weighted by Gasteiger charge is -2.26. The Morgan fingerprint density at radius 3 is 2.73 bits per heavy atom. The van der Waals surface area contributed by atoms with E-state index in [4.69, 9.17) is 4.74 Å². The molecule has 1 heterocycles. The van der Waals surface area contributed by atoms with Crippen LogP contribution >= 0.6 is 15.9 Å². The number of benzene rings is 1. The van der Waals surface area contributed by atoms with Crippen molar-refractivity contribution in [3.63, 3.8) is 0 Å². The van der Waals surface area contributed by atoms with Crippen molar-refractivity contribution >= 4 is 22.0 Å². The van der Waals surface area contributed by atoms with Crippen molar-refractivity contribution in [2.24, 2.45) is 0 Å². The summed E-state index contributed by atoms with van der Waals surface area (Å²) in [7, 11) is 0.